The van der Waals surface area contributed by atoms with E-state index in [4.69, 9.17) is 18.9 Å². The average molecular weight is 457 g/mol. The number of ether oxygens (including phenoxy) is 4. The predicted octanol–water partition coefficient (Wildman–Crippen LogP) is 5.53. The van der Waals surface area contributed by atoms with Gasteiger partial charge >= 0.3 is 11.9 Å². The highest BCUT2D eigenvalue weighted by molar-refractivity contribution is 5.89. The third-order valence-corrected chi connectivity index (χ3v) is 4.56. The highest BCUT2D eigenvalue weighted by Crippen LogP contribution is 2.35. The quantitative estimate of drug-likeness (QED) is 0.252. The zero-order valence-corrected chi connectivity index (χ0v) is 19.5. The van der Waals surface area contributed by atoms with E-state index in [2.05, 4.69) is 13.2 Å². The Bertz CT molecular complexity index is 1060. The molecule has 6 nitrogen and oxygen atoms in total. The number of carbonyl (C=O) groups is 2. The minimum absolute atomic E-state index is 0.156. The highest BCUT2D eigenvalue weighted by atomic mass is 19.1. The Morgan fingerprint density at radius 2 is 1.36 bits per heavy atom. The van der Waals surface area contributed by atoms with Gasteiger partial charge in [0, 0.05) is 24.4 Å². The number of carbonyl (C=O) groups excluding carboxylic acids is 2. The molecule has 0 heterocycles. The van der Waals surface area contributed by atoms with Gasteiger partial charge < -0.3 is 18.9 Å². The smallest absolute Gasteiger partial charge is 0.338 e. The zero-order chi connectivity index (χ0) is 24.5. The molecule has 0 aliphatic carbocycles. The molecular formula is C26H29FO6. The Kier molecular flexibility index (Phi) is 9.51. The van der Waals surface area contributed by atoms with Gasteiger partial charge in [-0.05, 0) is 74.2 Å². The summed E-state index contributed by atoms with van der Waals surface area (Å²) < 4.78 is 36.5. The van der Waals surface area contributed by atoms with Crippen LogP contribution in [0.1, 0.15) is 38.8 Å². The van der Waals surface area contributed by atoms with Crippen LogP contribution in [-0.4, -0.2) is 25.2 Å². The minimum Gasteiger partial charge on any atom is -0.423 e. The largest absolute Gasteiger partial charge is 0.423 e. The number of benzene rings is 2. The summed E-state index contributed by atoms with van der Waals surface area (Å²) >= 11 is 0. The van der Waals surface area contributed by atoms with Crippen molar-refractivity contribution in [3.63, 3.8) is 0 Å². The zero-order valence-electron chi connectivity index (χ0n) is 19.5. The van der Waals surface area contributed by atoms with E-state index in [1.165, 1.54) is 19.1 Å². The highest BCUT2D eigenvalue weighted by Gasteiger charge is 2.19. The first-order valence-electron chi connectivity index (χ1n) is 10.5. The van der Waals surface area contributed by atoms with Crippen LogP contribution in [0.3, 0.4) is 0 Å². The second-order valence-corrected chi connectivity index (χ2v) is 7.37. The van der Waals surface area contributed by atoms with Gasteiger partial charge in [0.15, 0.2) is 11.6 Å². The fourth-order valence-electron chi connectivity index (χ4n) is 2.86. The van der Waals surface area contributed by atoms with E-state index >= 15 is 0 Å². The van der Waals surface area contributed by atoms with E-state index in [1.807, 2.05) is 13.8 Å². The first-order valence-corrected chi connectivity index (χ1v) is 10.5. The lowest BCUT2D eigenvalue weighted by molar-refractivity contribution is -0.131. The summed E-state index contributed by atoms with van der Waals surface area (Å²) in [6.45, 7) is 15.1. The van der Waals surface area contributed by atoms with Gasteiger partial charge in [0.2, 0.25) is 0 Å². The van der Waals surface area contributed by atoms with E-state index in [0.717, 1.165) is 0 Å². The van der Waals surface area contributed by atoms with Crippen LogP contribution in [0.25, 0.3) is 11.1 Å². The van der Waals surface area contributed by atoms with Crippen molar-refractivity contribution in [3.8, 4) is 22.6 Å². The van der Waals surface area contributed by atoms with Crippen LogP contribution in [0.5, 0.6) is 11.5 Å². The fraction of sp³-hybridized carbons (Fsp3) is 0.308. The third kappa shape index (κ3) is 7.10. The van der Waals surface area contributed by atoms with Crippen molar-refractivity contribution < 1.29 is 32.9 Å². The van der Waals surface area contributed by atoms with Gasteiger partial charge in [-0.1, -0.05) is 19.2 Å². The third-order valence-electron chi connectivity index (χ3n) is 4.56. The second kappa shape index (κ2) is 12.1. The predicted molar refractivity (Wildman–Crippen MR) is 123 cm³/mol. The van der Waals surface area contributed by atoms with Crippen LogP contribution in [0.2, 0.25) is 0 Å². The topological polar surface area (TPSA) is 71.1 Å². The molecular weight excluding hydrogens is 427 g/mol. The molecule has 0 amide bonds. The van der Waals surface area contributed by atoms with E-state index in [1.54, 1.807) is 25.1 Å². The van der Waals surface area contributed by atoms with E-state index in [9.17, 15) is 14.0 Å². The van der Waals surface area contributed by atoms with Gasteiger partial charge in [0.05, 0.1) is 13.2 Å². The van der Waals surface area contributed by atoms with Gasteiger partial charge in [-0.3, -0.25) is 0 Å². The molecule has 0 bridgehead atoms. The molecule has 0 aliphatic rings. The maximum atomic E-state index is 14.9. The molecule has 0 aliphatic heterocycles. The van der Waals surface area contributed by atoms with Crippen LogP contribution >= 0.6 is 0 Å². The molecule has 2 aromatic carbocycles. The summed E-state index contributed by atoms with van der Waals surface area (Å²) in [7, 11) is 0. The normalized spacial score (nSPS) is 10.6. The molecule has 0 saturated carbocycles. The Morgan fingerprint density at radius 3 is 1.91 bits per heavy atom. The molecule has 0 fully saturated rings. The van der Waals surface area contributed by atoms with Crippen LogP contribution in [0.15, 0.2) is 54.6 Å². The maximum absolute atomic E-state index is 14.9. The molecule has 0 unspecified atom stereocenters. The standard InChI is InChI=1S/C26H29FO6/c1-7-30-14-18-11-20(32-25(28)16(3)4)9-10-21(18)22-13-23(27)24(33-26(29)17(5)6)12-19(22)15-31-8-2/h9-13H,3,5,7-8,14-15H2,1-2,4,6H3. The van der Waals surface area contributed by atoms with Crippen LogP contribution in [0.4, 0.5) is 4.39 Å². The van der Waals surface area contributed by atoms with Crippen molar-refractivity contribution in [2.45, 2.75) is 40.9 Å². The maximum Gasteiger partial charge on any atom is 0.338 e. The van der Waals surface area contributed by atoms with Gasteiger partial charge in [-0.15, -0.1) is 0 Å². The van der Waals surface area contributed by atoms with Gasteiger partial charge in [0.1, 0.15) is 5.75 Å². The van der Waals surface area contributed by atoms with Crippen molar-refractivity contribution >= 4 is 11.9 Å². The van der Waals surface area contributed by atoms with Gasteiger partial charge in [-0.2, -0.15) is 0 Å². The molecule has 7 heteroatoms. The molecule has 0 atom stereocenters. The lowest BCUT2D eigenvalue weighted by Gasteiger charge is -2.17. The Morgan fingerprint density at radius 1 is 0.818 bits per heavy atom. The first kappa shape index (κ1) is 26.0. The second-order valence-electron chi connectivity index (χ2n) is 7.37. The molecule has 176 valence electrons. The molecule has 2 aromatic rings. The lowest BCUT2D eigenvalue weighted by Crippen LogP contribution is -2.11. The molecule has 0 saturated heterocycles. The van der Waals surface area contributed by atoms with Crippen LogP contribution < -0.4 is 9.47 Å². The van der Waals surface area contributed by atoms with Crippen molar-refractivity contribution in [2.75, 3.05) is 13.2 Å². The summed E-state index contributed by atoms with van der Waals surface area (Å²) in [5.41, 5.74) is 2.95. The van der Waals surface area contributed by atoms with Crippen molar-refractivity contribution in [2.24, 2.45) is 0 Å². The first-order chi connectivity index (χ1) is 15.7. The Balaban J connectivity index is 2.57. The Labute approximate surface area is 193 Å². The van der Waals surface area contributed by atoms with Crippen molar-refractivity contribution in [3.05, 3.63) is 71.6 Å². The molecule has 0 spiro atoms. The summed E-state index contributed by atoms with van der Waals surface area (Å²) in [4.78, 5) is 23.8. The lowest BCUT2D eigenvalue weighted by atomic mass is 9.95. The van der Waals surface area contributed by atoms with Gasteiger partial charge in [-0.25, -0.2) is 14.0 Å². The summed E-state index contributed by atoms with van der Waals surface area (Å²) in [5, 5.41) is 0. The molecule has 0 aromatic heterocycles. The molecule has 2 rings (SSSR count). The van der Waals surface area contributed by atoms with Crippen LogP contribution in [-0.2, 0) is 32.3 Å². The van der Waals surface area contributed by atoms with Gasteiger partial charge in [0.25, 0.3) is 0 Å². The summed E-state index contributed by atoms with van der Waals surface area (Å²) in [6.07, 6.45) is 0. The summed E-state index contributed by atoms with van der Waals surface area (Å²) in [6, 6.07) is 7.74. The van der Waals surface area contributed by atoms with Crippen LogP contribution in [0, 0.1) is 5.82 Å². The Hall–Kier alpha value is -3.29. The molecule has 0 N–H and O–H groups in total. The monoisotopic (exact) mass is 456 g/mol. The summed E-state index contributed by atoms with van der Waals surface area (Å²) in [5.74, 6) is -1.86. The van der Waals surface area contributed by atoms with Crippen molar-refractivity contribution in [1.29, 1.82) is 0 Å². The number of halogens is 1. The van der Waals surface area contributed by atoms with E-state index in [0.29, 0.717) is 41.2 Å². The number of hydrogen-bond acceptors (Lipinski definition) is 6. The SMILES string of the molecule is C=C(C)C(=O)Oc1ccc(-c2cc(F)c(OC(=O)C(=C)C)cc2COCC)c(COCC)c1. The van der Waals surface area contributed by atoms with E-state index in [-0.39, 0.29) is 30.1 Å². The molecule has 33 heavy (non-hydrogen) atoms. The molecule has 0 radical (unpaired) electrons. The fourth-order valence-corrected chi connectivity index (χ4v) is 2.86. The minimum atomic E-state index is -0.718. The number of esters is 2. The number of rotatable bonds is 11. The average Bonchev–Trinajstić information content (AvgIpc) is 2.77. The van der Waals surface area contributed by atoms with E-state index < -0.39 is 17.8 Å². The number of hydrogen-bond donors (Lipinski definition) is 0. The van der Waals surface area contributed by atoms with Crippen molar-refractivity contribution in [1.82, 2.24) is 0 Å².